The molecule has 0 aromatic heterocycles. The van der Waals surface area contributed by atoms with Crippen molar-refractivity contribution < 1.29 is 14.3 Å². The molecule has 0 fully saturated rings. The van der Waals surface area contributed by atoms with Gasteiger partial charge in [0.15, 0.2) is 6.10 Å². The third-order valence-electron chi connectivity index (χ3n) is 2.30. The zero-order chi connectivity index (χ0) is 12.9. The first-order valence-electron chi connectivity index (χ1n) is 5.83. The fourth-order valence-electron chi connectivity index (χ4n) is 1.50. The average molecular weight is 236 g/mol. The van der Waals surface area contributed by atoms with E-state index in [1.54, 1.807) is 12.1 Å². The maximum atomic E-state index is 12.0. The van der Waals surface area contributed by atoms with Gasteiger partial charge in [0.1, 0.15) is 5.75 Å². The minimum atomic E-state index is -0.548. The first-order chi connectivity index (χ1) is 7.95. The number of carbonyl (C=O) groups excluding carboxylic acids is 1. The molecule has 0 saturated heterocycles. The molecule has 0 heterocycles. The summed E-state index contributed by atoms with van der Waals surface area (Å²) in [6.45, 7) is 8.24. The number of hydrogen-bond acceptors (Lipinski definition) is 3. The molecule has 1 unspecified atom stereocenters. The van der Waals surface area contributed by atoms with Crippen molar-refractivity contribution in [3.8, 4) is 5.75 Å². The normalized spacial score (nSPS) is 13.2. The monoisotopic (exact) mass is 236 g/mol. The van der Waals surface area contributed by atoms with E-state index in [-0.39, 0.29) is 11.4 Å². The fourth-order valence-corrected chi connectivity index (χ4v) is 1.50. The van der Waals surface area contributed by atoms with Gasteiger partial charge in [-0.1, -0.05) is 39.0 Å². The second kappa shape index (κ2) is 5.82. The molecule has 1 atom stereocenters. The van der Waals surface area contributed by atoms with Crippen LogP contribution in [0, 0.1) is 5.41 Å². The van der Waals surface area contributed by atoms with Crippen LogP contribution in [0.15, 0.2) is 30.3 Å². The van der Waals surface area contributed by atoms with Crippen LogP contribution in [-0.2, 0) is 9.53 Å². The van der Waals surface area contributed by atoms with Gasteiger partial charge in [0.05, 0.1) is 0 Å². The molecule has 1 aromatic rings. The van der Waals surface area contributed by atoms with Crippen molar-refractivity contribution in [1.29, 1.82) is 0 Å². The van der Waals surface area contributed by atoms with Gasteiger partial charge in [0.2, 0.25) is 0 Å². The van der Waals surface area contributed by atoms with Gasteiger partial charge in [0, 0.05) is 6.61 Å². The highest BCUT2D eigenvalue weighted by atomic mass is 16.6. The van der Waals surface area contributed by atoms with Gasteiger partial charge in [-0.15, -0.1) is 0 Å². The Labute approximate surface area is 103 Å². The molecule has 0 aliphatic heterocycles. The molecule has 1 rings (SSSR count). The van der Waals surface area contributed by atoms with Crippen LogP contribution in [0.1, 0.15) is 27.7 Å². The number of para-hydroxylation sites is 1. The number of esters is 1. The molecule has 94 valence electrons. The van der Waals surface area contributed by atoms with Crippen LogP contribution in [-0.4, -0.2) is 18.7 Å². The van der Waals surface area contributed by atoms with Crippen LogP contribution in [0.3, 0.4) is 0 Å². The summed E-state index contributed by atoms with van der Waals surface area (Å²) in [6.07, 6.45) is -0.548. The van der Waals surface area contributed by atoms with Crippen molar-refractivity contribution in [2.75, 3.05) is 6.61 Å². The van der Waals surface area contributed by atoms with E-state index >= 15 is 0 Å². The predicted octanol–water partition coefficient (Wildman–Crippen LogP) is 3.04. The second-order valence-electron chi connectivity index (χ2n) is 4.94. The van der Waals surface area contributed by atoms with E-state index in [9.17, 15) is 4.79 Å². The first kappa shape index (κ1) is 13.7. The summed E-state index contributed by atoms with van der Waals surface area (Å²) < 4.78 is 10.8. The molecule has 0 amide bonds. The Morgan fingerprint density at radius 1 is 1.24 bits per heavy atom. The first-order valence-corrected chi connectivity index (χ1v) is 5.83. The van der Waals surface area contributed by atoms with Crippen LogP contribution in [0.5, 0.6) is 5.75 Å². The zero-order valence-corrected chi connectivity index (χ0v) is 10.9. The van der Waals surface area contributed by atoms with Crippen LogP contribution >= 0.6 is 0 Å². The largest absolute Gasteiger partial charge is 0.425 e. The van der Waals surface area contributed by atoms with Crippen LogP contribution < -0.4 is 4.74 Å². The lowest BCUT2D eigenvalue weighted by atomic mass is 9.89. The van der Waals surface area contributed by atoms with E-state index in [2.05, 4.69) is 0 Å². The van der Waals surface area contributed by atoms with E-state index in [0.717, 1.165) is 0 Å². The quantitative estimate of drug-likeness (QED) is 0.595. The van der Waals surface area contributed by atoms with Gasteiger partial charge < -0.3 is 9.47 Å². The molecule has 3 heteroatoms. The third-order valence-corrected chi connectivity index (χ3v) is 2.30. The Balaban J connectivity index is 2.73. The van der Waals surface area contributed by atoms with Gasteiger partial charge in [-0.2, -0.15) is 0 Å². The van der Waals surface area contributed by atoms with Crippen molar-refractivity contribution in [2.45, 2.75) is 33.8 Å². The van der Waals surface area contributed by atoms with Gasteiger partial charge in [-0.25, -0.2) is 4.79 Å². The summed E-state index contributed by atoms with van der Waals surface area (Å²) in [5.74, 6) is 0.206. The second-order valence-corrected chi connectivity index (χ2v) is 4.94. The van der Waals surface area contributed by atoms with Crippen LogP contribution in [0.2, 0.25) is 0 Å². The van der Waals surface area contributed by atoms with E-state index in [1.165, 1.54) is 0 Å². The summed E-state index contributed by atoms with van der Waals surface area (Å²) in [5.41, 5.74) is -0.276. The number of hydrogen-bond donors (Lipinski definition) is 0. The Morgan fingerprint density at radius 2 is 1.82 bits per heavy atom. The molecule has 0 saturated carbocycles. The number of benzene rings is 1. The van der Waals surface area contributed by atoms with Crippen molar-refractivity contribution in [3.05, 3.63) is 30.3 Å². The Kier molecular flexibility index (Phi) is 4.70. The molecule has 3 nitrogen and oxygen atoms in total. The highest BCUT2D eigenvalue weighted by Crippen LogP contribution is 2.24. The molecule has 1 aromatic carbocycles. The lowest BCUT2D eigenvalue weighted by molar-refractivity contribution is -0.154. The molecule has 0 N–H and O–H groups in total. The molecular weight excluding hydrogens is 216 g/mol. The Bertz CT molecular complexity index is 351. The molecule has 0 aliphatic carbocycles. The summed E-state index contributed by atoms with van der Waals surface area (Å²) >= 11 is 0. The average Bonchev–Trinajstić information content (AvgIpc) is 2.25. The molecule has 0 aliphatic rings. The van der Waals surface area contributed by atoms with Gasteiger partial charge in [-0.3, -0.25) is 0 Å². The zero-order valence-electron chi connectivity index (χ0n) is 10.9. The van der Waals surface area contributed by atoms with Crippen molar-refractivity contribution in [3.63, 3.8) is 0 Å². The number of rotatable bonds is 4. The maximum Gasteiger partial charge on any atom is 0.341 e. The fraction of sp³-hybridized carbons (Fsp3) is 0.500. The lowest BCUT2D eigenvalue weighted by Crippen LogP contribution is -2.39. The van der Waals surface area contributed by atoms with E-state index in [4.69, 9.17) is 9.47 Å². The minimum absolute atomic E-state index is 0.276. The van der Waals surface area contributed by atoms with Gasteiger partial charge in [-0.05, 0) is 24.5 Å². The number of carbonyl (C=O) groups is 1. The smallest absolute Gasteiger partial charge is 0.341 e. The van der Waals surface area contributed by atoms with Crippen molar-refractivity contribution >= 4 is 5.97 Å². The summed E-state index contributed by atoms with van der Waals surface area (Å²) in [6, 6.07) is 9.04. The standard InChI is InChI=1S/C14H20O3/c1-5-16-12(14(2,3)4)13(15)17-11-9-7-6-8-10-11/h6-10,12H,5H2,1-4H3. The lowest BCUT2D eigenvalue weighted by Gasteiger charge is -2.28. The SMILES string of the molecule is CCOC(C(=O)Oc1ccccc1)C(C)(C)C. The van der Waals surface area contributed by atoms with E-state index in [0.29, 0.717) is 12.4 Å². The third kappa shape index (κ3) is 4.19. The molecular formula is C14H20O3. The summed E-state index contributed by atoms with van der Waals surface area (Å²) in [4.78, 5) is 12.0. The van der Waals surface area contributed by atoms with Crippen LogP contribution in [0.25, 0.3) is 0 Å². The molecule has 17 heavy (non-hydrogen) atoms. The van der Waals surface area contributed by atoms with Gasteiger partial charge >= 0.3 is 5.97 Å². The van der Waals surface area contributed by atoms with Crippen molar-refractivity contribution in [1.82, 2.24) is 0 Å². The molecule has 0 bridgehead atoms. The van der Waals surface area contributed by atoms with E-state index < -0.39 is 6.10 Å². The Hall–Kier alpha value is -1.35. The molecule has 0 radical (unpaired) electrons. The van der Waals surface area contributed by atoms with Gasteiger partial charge in [0.25, 0.3) is 0 Å². The number of ether oxygens (including phenoxy) is 2. The van der Waals surface area contributed by atoms with Crippen molar-refractivity contribution in [2.24, 2.45) is 5.41 Å². The highest BCUT2D eigenvalue weighted by Gasteiger charge is 2.33. The summed E-state index contributed by atoms with van der Waals surface area (Å²) in [5, 5.41) is 0. The maximum absolute atomic E-state index is 12.0. The van der Waals surface area contributed by atoms with Crippen LogP contribution in [0.4, 0.5) is 0 Å². The Morgan fingerprint density at radius 3 is 2.29 bits per heavy atom. The van der Waals surface area contributed by atoms with E-state index in [1.807, 2.05) is 45.9 Å². The predicted molar refractivity (Wildman–Crippen MR) is 66.9 cm³/mol. The highest BCUT2D eigenvalue weighted by molar-refractivity contribution is 5.78. The molecule has 0 spiro atoms. The topological polar surface area (TPSA) is 35.5 Å². The minimum Gasteiger partial charge on any atom is -0.425 e. The summed E-state index contributed by atoms with van der Waals surface area (Å²) in [7, 11) is 0.